The number of hydrogen-bond acceptors (Lipinski definition) is 3. The van der Waals surface area contributed by atoms with Crippen LogP contribution in [0.4, 0.5) is 0 Å². The maximum Gasteiger partial charge on any atom is 0.161 e. The highest BCUT2D eigenvalue weighted by atomic mass is 16.5. The molecule has 0 aromatic carbocycles. The molecule has 1 aromatic heterocycles. The van der Waals surface area contributed by atoms with Gasteiger partial charge in [0.15, 0.2) is 5.75 Å². The van der Waals surface area contributed by atoms with Crippen LogP contribution in [0.2, 0.25) is 0 Å². The topological polar surface area (TPSA) is 53.1 Å². The number of nitrogens with zero attached hydrogens (tertiary/aromatic N) is 2. The zero-order valence-electron chi connectivity index (χ0n) is 10.5. The Balaban J connectivity index is 2.28. The van der Waals surface area contributed by atoms with Crippen molar-refractivity contribution in [2.24, 2.45) is 17.1 Å². The molecule has 1 heterocycles. The number of methoxy groups -OCH3 is 1. The van der Waals surface area contributed by atoms with Crippen LogP contribution < -0.4 is 10.5 Å². The van der Waals surface area contributed by atoms with E-state index in [0.717, 1.165) is 18.0 Å². The minimum Gasteiger partial charge on any atom is -0.493 e. The molecule has 1 aromatic rings. The number of ether oxygens (including phenoxy) is 1. The van der Waals surface area contributed by atoms with E-state index in [1.54, 1.807) is 13.3 Å². The molecule has 0 spiro atoms. The Morgan fingerprint density at radius 3 is 2.75 bits per heavy atom. The first-order chi connectivity index (χ1) is 7.51. The molecular weight excluding hydrogens is 202 g/mol. The zero-order chi connectivity index (χ0) is 11.9. The third-order valence-corrected chi connectivity index (χ3v) is 3.70. The molecule has 0 saturated heterocycles. The average Bonchev–Trinajstić information content (AvgIpc) is 2.75. The normalized spacial score (nSPS) is 24.2. The van der Waals surface area contributed by atoms with Crippen LogP contribution in [0, 0.1) is 11.3 Å². The Morgan fingerprint density at radius 2 is 2.31 bits per heavy atom. The second-order valence-corrected chi connectivity index (χ2v) is 5.24. The van der Waals surface area contributed by atoms with Gasteiger partial charge >= 0.3 is 0 Å². The van der Waals surface area contributed by atoms with Gasteiger partial charge < -0.3 is 10.5 Å². The lowest BCUT2D eigenvalue weighted by Crippen LogP contribution is -2.20. The molecule has 4 nitrogen and oxygen atoms in total. The predicted octanol–water partition coefficient (Wildman–Crippen LogP) is 1.96. The molecule has 4 heteroatoms. The highest BCUT2D eigenvalue weighted by molar-refractivity contribution is 5.30. The summed E-state index contributed by atoms with van der Waals surface area (Å²) in [7, 11) is 1.67. The van der Waals surface area contributed by atoms with Gasteiger partial charge in [-0.15, -0.1) is 0 Å². The molecule has 2 atom stereocenters. The third-order valence-electron chi connectivity index (χ3n) is 3.70. The first-order valence-corrected chi connectivity index (χ1v) is 5.86. The minimum absolute atomic E-state index is 0.0346. The second kappa shape index (κ2) is 3.77. The standard InChI is InChI=1S/C12H21N3O/c1-5-15-11(9(16-4)7-14-15)10(13)8-6-12(8,2)3/h7-8,10H,5-6,13H2,1-4H3. The molecule has 2 rings (SSSR count). The Bertz CT molecular complexity index is 362. The van der Waals surface area contributed by atoms with Crippen LogP contribution >= 0.6 is 0 Å². The summed E-state index contributed by atoms with van der Waals surface area (Å²) in [4.78, 5) is 0. The quantitative estimate of drug-likeness (QED) is 0.849. The van der Waals surface area contributed by atoms with Crippen LogP contribution in [0.5, 0.6) is 5.75 Å². The fourth-order valence-electron chi connectivity index (χ4n) is 2.43. The van der Waals surface area contributed by atoms with E-state index < -0.39 is 0 Å². The summed E-state index contributed by atoms with van der Waals surface area (Å²) in [5.74, 6) is 1.36. The second-order valence-electron chi connectivity index (χ2n) is 5.24. The summed E-state index contributed by atoms with van der Waals surface area (Å²) in [5, 5.41) is 4.30. The lowest BCUT2D eigenvalue weighted by atomic mass is 10.0. The summed E-state index contributed by atoms with van der Waals surface area (Å²) < 4.78 is 7.27. The predicted molar refractivity (Wildman–Crippen MR) is 63.3 cm³/mol. The maximum atomic E-state index is 6.33. The van der Waals surface area contributed by atoms with Crippen LogP contribution in [0.15, 0.2) is 6.20 Å². The van der Waals surface area contributed by atoms with Gasteiger partial charge in [-0.1, -0.05) is 13.8 Å². The van der Waals surface area contributed by atoms with Crippen LogP contribution in [-0.2, 0) is 6.54 Å². The van der Waals surface area contributed by atoms with Crippen LogP contribution in [0.1, 0.15) is 38.9 Å². The van der Waals surface area contributed by atoms with Crippen molar-refractivity contribution in [1.82, 2.24) is 9.78 Å². The number of aromatic nitrogens is 2. The maximum absolute atomic E-state index is 6.33. The van der Waals surface area contributed by atoms with Gasteiger partial charge in [0.25, 0.3) is 0 Å². The van der Waals surface area contributed by atoms with Crippen molar-refractivity contribution in [1.29, 1.82) is 0 Å². The van der Waals surface area contributed by atoms with Gasteiger partial charge in [0.1, 0.15) is 0 Å². The number of rotatable bonds is 4. The van der Waals surface area contributed by atoms with Gasteiger partial charge in [-0.3, -0.25) is 4.68 Å². The van der Waals surface area contributed by atoms with E-state index in [4.69, 9.17) is 10.5 Å². The molecule has 1 aliphatic rings. The summed E-state index contributed by atoms with van der Waals surface area (Å²) in [6.45, 7) is 7.42. The van der Waals surface area contributed by atoms with E-state index in [9.17, 15) is 0 Å². The van der Waals surface area contributed by atoms with Gasteiger partial charge in [0.2, 0.25) is 0 Å². The van der Waals surface area contributed by atoms with E-state index in [1.807, 2.05) is 4.68 Å². The monoisotopic (exact) mass is 223 g/mol. The molecule has 2 N–H and O–H groups in total. The summed E-state index contributed by atoms with van der Waals surface area (Å²) in [6.07, 6.45) is 2.94. The average molecular weight is 223 g/mol. The minimum atomic E-state index is 0.0346. The van der Waals surface area contributed by atoms with Gasteiger partial charge in [-0.2, -0.15) is 5.10 Å². The Labute approximate surface area is 96.8 Å². The zero-order valence-corrected chi connectivity index (χ0v) is 10.5. The van der Waals surface area contributed by atoms with Crippen molar-refractivity contribution in [3.8, 4) is 5.75 Å². The Hall–Kier alpha value is -1.03. The van der Waals surface area contributed by atoms with E-state index in [1.165, 1.54) is 6.42 Å². The fraction of sp³-hybridized carbons (Fsp3) is 0.750. The van der Waals surface area contributed by atoms with Crippen molar-refractivity contribution in [2.75, 3.05) is 7.11 Å². The van der Waals surface area contributed by atoms with Gasteiger partial charge in [-0.25, -0.2) is 0 Å². The fourth-order valence-corrected chi connectivity index (χ4v) is 2.43. The van der Waals surface area contributed by atoms with E-state index in [2.05, 4.69) is 25.9 Å². The van der Waals surface area contributed by atoms with Crippen LogP contribution in [0.25, 0.3) is 0 Å². The highest BCUT2D eigenvalue weighted by Crippen LogP contribution is 2.57. The molecule has 0 aliphatic heterocycles. The largest absolute Gasteiger partial charge is 0.493 e. The van der Waals surface area contributed by atoms with E-state index in [0.29, 0.717) is 11.3 Å². The number of aryl methyl sites for hydroxylation is 1. The molecule has 0 radical (unpaired) electrons. The molecular formula is C12H21N3O. The van der Waals surface area contributed by atoms with Gasteiger partial charge in [0.05, 0.1) is 25.0 Å². The van der Waals surface area contributed by atoms with E-state index in [-0.39, 0.29) is 6.04 Å². The lowest BCUT2D eigenvalue weighted by molar-refractivity contribution is 0.389. The molecule has 1 saturated carbocycles. The van der Waals surface area contributed by atoms with Crippen molar-refractivity contribution in [2.45, 2.75) is 39.8 Å². The highest BCUT2D eigenvalue weighted by Gasteiger charge is 2.50. The molecule has 16 heavy (non-hydrogen) atoms. The first-order valence-electron chi connectivity index (χ1n) is 5.86. The molecule has 1 aliphatic carbocycles. The smallest absolute Gasteiger partial charge is 0.161 e. The lowest BCUT2D eigenvalue weighted by Gasteiger charge is -2.16. The van der Waals surface area contributed by atoms with Crippen LogP contribution in [-0.4, -0.2) is 16.9 Å². The van der Waals surface area contributed by atoms with Crippen molar-refractivity contribution < 1.29 is 4.74 Å². The SMILES string of the molecule is CCn1ncc(OC)c1C(N)C1CC1(C)C. The third kappa shape index (κ3) is 1.71. The Morgan fingerprint density at radius 1 is 1.69 bits per heavy atom. The molecule has 1 fully saturated rings. The van der Waals surface area contributed by atoms with Crippen LogP contribution in [0.3, 0.4) is 0 Å². The van der Waals surface area contributed by atoms with Crippen molar-refractivity contribution in [3.05, 3.63) is 11.9 Å². The Kier molecular flexibility index (Phi) is 2.70. The van der Waals surface area contributed by atoms with E-state index >= 15 is 0 Å². The van der Waals surface area contributed by atoms with Crippen molar-refractivity contribution >= 4 is 0 Å². The first kappa shape index (κ1) is 11.5. The summed E-state index contributed by atoms with van der Waals surface area (Å²) in [6, 6.07) is 0.0346. The summed E-state index contributed by atoms with van der Waals surface area (Å²) >= 11 is 0. The van der Waals surface area contributed by atoms with Gasteiger partial charge in [0, 0.05) is 6.54 Å². The molecule has 90 valence electrons. The number of hydrogen-bond donors (Lipinski definition) is 1. The van der Waals surface area contributed by atoms with Gasteiger partial charge in [-0.05, 0) is 24.7 Å². The summed E-state index contributed by atoms with van der Waals surface area (Å²) in [5.41, 5.74) is 7.74. The molecule has 0 amide bonds. The van der Waals surface area contributed by atoms with Crippen molar-refractivity contribution in [3.63, 3.8) is 0 Å². The molecule has 0 bridgehead atoms. The number of nitrogens with two attached hydrogens (primary N) is 1. The molecule has 2 unspecified atom stereocenters.